The maximum atomic E-state index is 13.8. The molecule has 0 bridgehead atoms. The Morgan fingerprint density at radius 2 is 1.20 bits per heavy atom. The summed E-state index contributed by atoms with van der Waals surface area (Å²) in [7, 11) is 0. The molecule has 45 heavy (non-hydrogen) atoms. The van der Waals surface area contributed by atoms with Crippen LogP contribution in [0.5, 0.6) is 0 Å². The lowest BCUT2D eigenvalue weighted by Crippen LogP contribution is -2.60. The molecule has 0 aliphatic carbocycles. The summed E-state index contributed by atoms with van der Waals surface area (Å²) in [5, 5.41) is 0. The van der Waals surface area contributed by atoms with Crippen molar-refractivity contribution in [3.8, 4) is 11.4 Å². The predicted molar refractivity (Wildman–Crippen MR) is 144 cm³/mol. The first-order chi connectivity index (χ1) is 21.0. The third kappa shape index (κ3) is 11.3. The molecule has 0 aliphatic heterocycles. The molecular formula is C30H37F11N2O2. The first kappa shape index (κ1) is 38.6. The van der Waals surface area contributed by atoms with Gasteiger partial charge in [0.05, 0.1) is 0 Å². The number of aromatic nitrogens is 2. The number of benzene rings is 1. The van der Waals surface area contributed by atoms with Crippen LogP contribution in [0.2, 0.25) is 0 Å². The molecule has 1 heterocycles. The molecule has 0 aliphatic rings. The third-order valence-electron chi connectivity index (χ3n) is 7.01. The minimum absolute atomic E-state index is 0.0790. The van der Waals surface area contributed by atoms with Gasteiger partial charge in [-0.3, -0.25) is 0 Å². The van der Waals surface area contributed by atoms with Crippen molar-refractivity contribution < 1.29 is 57.8 Å². The van der Waals surface area contributed by atoms with Crippen molar-refractivity contribution in [1.82, 2.24) is 9.97 Å². The first-order valence-electron chi connectivity index (χ1n) is 14.7. The number of unbranched alkanes of at least 4 members (excludes halogenated alkanes) is 8. The van der Waals surface area contributed by atoms with Gasteiger partial charge in [-0.05, 0) is 55.4 Å². The zero-order valence-corrected chi connectivity index (χ0v) is 24.7. The molecule has 0 radical (unpaired) electrons. The summed E-state index contributed by atoms with van der Waals surface area (Å²) in [5.74, 6) is -11.9. The molecule has 4 nitrogen and oxygen atoms in total. The smallest absolute Gasteiger partial charge is 0.375 e. The van der Waals surface area contributed by atoms with Gasteiger partial charge in [0.1, 0.15) is 6.61 Å². The zero-order valence-electron chi connectivity index (χ0n) is 24.7. The Bertz CT molecular complexity index is 1150. The van der Waals surface area contributed by atoms with Crippen LogP contribution in [0.15, 0.2) is 36.7 Å². The van der Waals surface area contributed by atoms with Crippen molar-refractivity contribution >= 4 is 0 Å². The van der Waals surface area contributed by atoms with Crippen molar-refractivity contribution in [2.45, 2.75) is 114 Å². The fourth-order valence-electron chi connectivity index (χ4n) is 4.45. The quantitative estimate of drug-likeness (QED) is 0.0983. The molecule has 2 rings (SSSR count). The average Bonchev–Trinajstić information content (AvgIpc) is 2.95. The number of halogens is 11. The second-order valence-electron chi connectivity index (χ2n) is 10.7. The van der Waals surface area contributed by atoms with Gasteiger partial charge in [-0.15, -0.1) is 0 Å². The largest absolute Gasteiger partial charge is 0.483 e. The normalized spacial score (nSPS) is 13.4. The average molecular weight is 667 g/mol. The third-order valence-corrected chi connectivity index (χ3v) is 7.01. The van der Waals surface area contributed by atoms with E-state index in [0.29, 0.717) is 31.5 Å². The Hall–Kier alpha value is -2.55. The second kappa shape index (κ2) is 16.8. The maximum Gasteiger partial charge on any atom is 0.483 e. The highest BCUT2D eigenvalue weighted by atomic mass is 19.4. The Labute approximate surface area is 254 Å². The van der Waals surface area contributed by atoms with Gasteiger partial charge in [-0.2, -0.15) is 48.3 Å². The highest BCUT2D eigenvalue weighted by molar-refractivity contribution is 5.57. The lowest BCUT2D eigenvalue weighted by Gasteiger charge is -2.34. The van der Waals surface area contributed by atoms with E-state index in [0.717, 1.165) is 48.8 Å². The highest BCUT2D eigenvalue weighted by Crippen LogP contribution is 2.50. The minimum atomic E-state index is -6.86. The van der Waals surface area contributed by atoms with E-state index in [9.17, 15) is 48.3 Å². The van der Waals surface area contributed by atoms with Gasteiger partial charge in [-0.25, -0.2) is 14.7 Å². The number of hydrogen-bond acceptors (Lipinski definition) is 4. The fourth-order valence-corrected chi connectivity index (χ4v) is 4.45. The summed E-state index contributed by atoms with van der Waals surface area (Å²) < 4.78 is 149. The summed E-state index contributed by atoms with van der Waals surface area (Å²) in [4.78, 5) is 8.60. The van der Waals surface area contributed by atoms with Crippen molar-refractivity contribution in [2.75, 3.05) is 13.2 Å². The van der Waals surface area contributed by atoms with E-state index in [1.165, 1.54) is 12.8 Å². The van der Waals surface area contributed by atoms with Gasteiger partial charge < -0.3 is 4.74 Å². The van der Waals surface area contributed by atoms with Gasteiger partial charge in [0.15, 0.2) is 5.82 Å². The molecule has 0 saturated heterocycles. The van der Waals surface area contributed by atoms with Gasteiger partial charge in [0.25, 0.3) is 0 Å². The molecule has 0 atom stereocenters. The Morgan fingerprint density at radius 3 is 1.80 bits per heavy atom. The minimum Gasteiger partial charge on any atom is -0.375 e. The predicted octanol–water partition coefficient (Wildman–Crippen LogP) is 10.2. The summed E-state index contributed by atoms with van der Waals surface area (Å²) in [5.41, 5.74) is 3.18. The van der Waals surface area contributed by atoms with E-state index >= 15 is 0 Å². The van der Waals surface area contributed by atoms with Crippen LogP contribution in [-0.4, -0.2) is 53.4 Å². The Morgan fingerprint density at radius 1 is 0.644 bits per heavy atom. The van der Waals surface area contributed by atoms with Crippen LogP contribution in [0.3, 0.4) is 0 Å². The van der Waals surface area contributed by atoms with Crippen molar-refractivity contribution in [1.29, 1.82) is 0 Å². The standard InChI is InChI=1S/C30H37F11N2O2/c1-2-3-4-5-6-10-14-23-20-24(25-42-17-12-18-43-25)16-15-22(23)13-9-7-8-11-19-44-21-26(31,32)27(33,34)29(38,39)45-30(40,41)28(35,36)37/h12,15-18,20H,2-11,13-14,19,21H2,1H3. The maximum absolute atomic E-state index is 13.8. The van der Waals surface area contributed by atoms with E-state index < -0.39 is 43.5 Å². The second-order valence-corrected chi connectivity index (χ2v) is 10.7. The highest BCUT2D eigenvalue weighted by Gasteiger charge is 2.77. The molecule has 0 N–H and O–H groups in total. The summed E-state index contributed by atoms with van der Waals surface area (Å²) in [6, 6.07) is 7.73. The molecule has 0 saturated carbocycles. The summed E-state index contributed by atoms with van der Waals surface area (Å²) in [6.45, 7) is -0.763. The van der Waals surface area contributed by atoms with Crippen molar-refractivity contribution in [2.24, 2.45) is 0 Å². The first-order valence-corrected chi connectivity index (χ1v) is 14.7. The Balaban J connectivity index is 1.84. The molecule has 256 valence electrons. The number of rotatable bonds is 21. The van der Waals surface area contributed by atoms with Gasteiger partial charge in [0, 0.05) is 24.6 Å². The molecule has 0 amide bonds. The molecule has 0 fully saturated rings. The number of alkyl halides is 11. The lowest BCUT2D eigenvalue weighted by atomic mass is 9.94. The van der Waals surface area contributed by atoms with Crippen molar-refractivity contribution in [3.63, 3.8) is 0 Å². The van der Waals surface area contributed by atoms with E-state index in [1.54, 1.807) is 18.5 Å². The van der Waals surface area contributed by atoms with E-state index in [-0.39, 0.29) is 6.42 Å². The number of nitrogens with zero attached hydrogens (tertiary/aromatic N) is 2. The van der Waals surface area contributed by atoms with Gasteiger partial charge in [0.2, 0.25) is 0 Å². The molecule has 15 heteroatoms. The van der Waals surface area contributed by atoms with Gasteiger partial charge >= 0.3 is 30.2 Å². The van der Waals surface area contributed by atoms with E-state index in [1.807, 2.05) is 16.9 Å². The van der Waals surface area contributed by atoms with Crippen LogP contribution in [0.1, 0.15) is 82.3 Å². The van der Waals surface area contributed by atoms with E-state index in [4.69, 9.17) is 0 Å². The molecule has 1 aromatic heterocycles. The monoisotopic (exact) mass is 666 g/mol. The van der Waals surface area contributed by atoms with Crippen LogP contribution < -0.4 is 0 Å². The van der Waals surface area contributed by atoms with Gasteiger partial charge in [-0.1, -0.05) is 64.0 Å². The molecular weight excluding hydrogens is 629 g/mol. The molecule has 0 unspecified atom stereocenters. The fraction of sp³-hybridized carbons (Fsp3) is 0.667. The number of ether oxygens (including phenoxy) is 2. The summed E-state index contributed by atoms with van der Waals surface area (Å²) >= 11 is 0. The lowest BCUT2D eigenvalue weighted by molar-refractivity contribution is -0.501. The van der Waals surface area contributed by atoms with Crippen LogP contribution in [0, 0.1) is 0 Å². The molecule has 0 spiro atoms. The molecule has 1 aromatic carbocycles. The van der Waals surface area contributed by atoms with Crippen LogP contribution in [0.4, 0.5) is 48.3 Å². The number of aryl methyl sites for hydroxylation is 2. The van der Waals surface area contributed by atoms with Crippen molar-refractivity contribution in [3.05, 3.63) is 47.8 Å². The zero-order chi connectivity index (χ0) is 33.8. The SMILES string of the molecule is CCCCCCCCc1cc(-c2ncccn2)ccc1CCCCCCOCC(F)(F)C(F)(F)C(F)(F)OC(F)(F)C(F)(F)F. The van der Waals surface area contributed by atoms with E-state index in [2.05, 4.69) is 27.7 Å². The summed E-state index contributed by atoms with van der Waals surface area (Å²) in [6.07, 6.45) is -7.05. The number of hydrogen-bond donors (Lipinski definition) is 0. The van der Waals surface area contributed by atoms with Crippen LogP contribution >= 0.6 is 0 Å². The molecule has 2 aromatic rings. The Kier molecular flexibility index (Phi) is 14.5. The van der Waals surface area contributed by atoms with Crippen LogP contribution in [-0.2, 0) is 22.3 Å². The topological polar surface area (TPSA) is 44.2 Å². The van der Waals surface area contributed by atoms with Crippen LogP contribution in [0.25, 0.3) is 11.4 Å².